The lowest BCUT2D eigenvalue weighted by Gasteiger charge is -2.33. The molecular formula is C22H30N5O3+. The monoisotopic (exact) mass is 412 g/mol. The van der Waals surface area contributed by atoms with E-state index in [0.717, 1.165) is 24.6 Å². The van der Waals surface area contributed by atoms with E-state index in [0.29, 0.717) is 25.6 Å². The molecule has 1 aromatic carbocycles. The zero-order valence-corrected chi connectivity index (χ0v) is 18.0. The Labute approximate surface area is 177 Å². The van der Waals surface area contributed by atoms with Crippen molar-refractivity contribution in [2.24, 2.45) is 4.99 Å². The molecular weight excluding hydrogens is 382 g/mol. The average molecular weight is 413 g/mol. The number of carbonyl (C=O) groups excluding carboxylic acids is 2. The Kier molecular flexibility index (Phi) is 5.85. The SMILES string of the molecule is CCCCc1ccc(N2CC[N+]3=C2N=C2C3C(=O)N(CCOCC)C(=O)N2C)cc1. The van der Waals surface area contributed by atoms with Gasteiger partial charge in [-0.05, 0) is 37.5 Å². The van der Waals surface area contributed by atoms with Crippen LogP contribution in [0.4, 0.5) is 10.5 Å². The molecule has 30 heavy (non-hydrogen) atoms. The second-order valence-electron chi connectivity index (χ2n) is 7.82. The van der Waals surface area contributed by atoms with E-state index in [9.17, 15) is 9.59 Å². The fourth-order valence-corrected chi connectivity index (χ4v) is 4.23. The fourth-order valence-electron chi connectivity index (χ4n) is 4.23. The van der Waals surface area contributed by atoms with Crippen LogP contribution in [-0.2, 0) is 16.0 Å². The Balaban J connectivity index is 1.57. The third-order valence-corrected chi connectivity index (χ3v) is 5.93. The first-order valence-corrected chi connectivity index (χ1v) is 10.8. The molecule has 3 amide bonds. The molecule has 1 atom stereocenters. The van der Waals surface area contributed by atoms with Crippen LogP contribution in [0, 0.1) is 0 Å². The van der Waals surface area contributed by atoms with Gasteiger partial charge >= 0.3 is 12.0 Å². The number of benzene rings is 1. The number of aryl methyl sites for hydroxylation is 1. The van der Waals surface area contributed by atoms with Crippen LogP contribution >= 0.6 is 0 Å². The first kappa shape index (κ1) is 20.5. The number of aliphatic imine (C=N–C) groups is 1. The highest BCUT2D eigenvalue weighted by Gasteiger charge is 2.55. The van der Waals surface area contributed by atoms with Gasteiger partial charge in [-0.3, -0.25) is 14.6 Å². The summed E-state index contributed by atoms with van der Waals surface area (Å²) in [5.74, 6) is 1.04. The molecule has 0 saturated carbocycles. The standard InChI is InChI=1S/C22H30N5O3/c1-4-6-7-16-8-10-17(11-9-16)25-12-13-26-18-19(23-21(25)26)24(3)22(29)27(20(18)28)14-15-30-5-2/h8-11,18H,4-7,12-15H2,1-3H3/q+1. The van der Waals surface area contributed by atoms with Crippen molar-refractivity contribution in [2.45, 2.75) is 39.2 Å². The normalized spacial score (nSPS) is 20.8. The average Bonchev–Trinajstić information content (AvgIpc) is 3.33. The number of ether oxygens (including phenoxy) is 1. The number of unbranched alkanes of at least 4 members (excludes halogenated alkanes) is 1. The van der Waals surface area contributed by atoms with Gasteiger partial charge in [-0.25, -0.2) is 14.3 Å². The van der Waals surface area contributed by atoms with Crippen molar-refractivity contribution in [2.75, 3.05) is 44.8 Å². The van der Waals surface area contributed by atoms with Crippen molar-refractivity contribution in [1.29, 1.82) is 0 Å². The molecule has 0 radical (unpaired) electrons. The van der Waals surface area contributed by atoms with E-state index < -0.39 is 6.04 Å². The molecule has 1 saturated heterocycles. The molecule has 4 rings (SSSR count). The highest BCUT2D eigenvalue weighted by atomic mass is 16.5. The zero-order chi connectivity index (χ0) is 21.3. The van der Waals surface area contributed by atoms with Gasteiger partial charge in [-0.15, -0.1) is 0 Å². The van der Waals surface area contributed by atoms with Crippen molar-refractivity contribution in [3.05, 3.63) is 29.8 Å². The van der Waals surface area contributed by atoms with Crippen LogP contribution in [-0.4, -0.2) is 84.0 Å². The number of hydrogen-bond donors (Lipinski definition) is 0. The van der Waals surface area contributed by atoms with Crippen LogP contribution in [0.15, 0.2) is 29.3 Å². The van der Waals surface area contributed by atoms with Crippen LogP contribution in [0.25, 0.3) is 0 Å². The molecule has 1 unspecified atom stereocenters. The van der Waals surface area contributed by atoms with Crippen LogP contribution in [0.3, 0.4) is 0 Å². The van der Waals surface area contributed by atoms with Crippen molar-refractivity contribution < 1.29 is 18.9 Å². The molecule has 0 spiro atoms. The molecule has 0 N–H and O–H groups in total. The minimum absolute atomic E-state index is 0.219. The largest absolute Gasteiger partial charge is 0.397 e. The minimum Gasteiger partial charge on any atom is -0.380 e. The highest BCUT2D eigenvalue weighted by Crippen LogP contribution is 2.27. The quantitative estimate of drug-likeness (QED) is 0.483. The molecule has 0 bridgehead atoms. The molecule has 1 fully saturated rings. The topological polar surface area (TPSA) is 68.5 Å². The number of amides is 3. The number of amidine groups is 1. The van der Waals surface area contributed by atoms with E-state index in [-0.39, 0.29) is 18.5 Å². The van der Waals surface area contributed by atoms with Gasteiger partial charge in [-0.2, -0.15) is 0 Å². The summed E-state index contributed by atoms with van der Waals surface area (Å²) < 4.78 is 7.37. The number of carbonyl (C=O) groups is 2. The van der Waals surface area contributed by atoms with Gasteiger partial charge in [0.1, 0.15) is 12.2 Å². The maximum Gasteiger partial charge on any atom is 0.397 e. The molecule has 160 valence electrons. The van der Waals surface area contributed by atoms with E-state index in [2.05, 4.69) is 36.1 Å². The van der Waals surface area contributed by atoms with E-state index in [4.69, 9.17) is 9.73 Å². The number of imide groups is 1. The van der Waals surface area contributed by atoms with Crippen LogP contribution < -0.4 is 4.90 Å². The van der Waals surface area contributed by atoms with E-state index in [1.807, 2.05) is 11.5 Å². The van der Waals surface area contributed by atoms with Crippen LogP contribution in [0.1, 0.15) is 32.3 Å². The molecule has 3 aliphatic heterocycles. The van der Waals surface area contributed by atoms with Gasteiger partial charge in [0, 0.05) is 13.7 Å². The molecule has 3 aliphatic rings. The van der Waals surface area contributed by atoms with Crippen molar-refractivity contribution in [1.82, 2.24) is 9.80 Å². The Morgan fingerprint density at radius 1 is 1.20 bits per heavy atom. The molecule has 0 aromatic heterocycles. The summed E-state index contributed by atoms with van der Waals surface area (Å²) in [6.07, 6.45) is 3.45. The maximum absolute atomic E-state index is 13.2. The second kappa shape index (κ2) is 8.55. The maximum atomic E-state index is 13.2. The number of fused-ring (bicyclic) bond motifs is 2. The summed E-state index contributed by atoms with van der Waals surface area (Å²) in [6, 6.07) is 7.68. The first-order chi connectivity index (χ1) is 14.6. The lowest BCUT2D eigenvalue weighted by molar-refractivity contribution is -0.525. The van der Waals surface area contributed by atoms with Crippen molar-refractivity contribution >= 4 is 29.4 Å². The molecule has 8 nitrogen and oxygen atoms in total. The van der Waals surface area contributed by atoms with E-state index in [1.165, 1.54) is 28.2 Å². The van der Waals surface area contributed by atoms with Gasteiger partial charge in [0.15, 0.2) is 0 Å². The predicted molar refractivity (Wildman–Crippen MR) is 115 cm³/mol. The summed E-state index contributed by atoms with van der Waals surface area (Å²) >= 11 is 0. The number of hydrogen-bond acceptors (Lipinski definition) is 5. The minimum atomic E-state index is -0.543. The Hall–Kier alpha value is -2.74. The molecule has 3 heterocycles. The number of anilines is 1. The number of urea groups is 1. The summed E-state index contributed by atoms with van der Waals surface area (Å²) in [5.41, 5.74) is 2.39. The molecule has 8 heteroatoms. The van der Waals surface area contributed by atoms with Gasteiger partial charge in [0.2, 0.25) is 11.9 Å². The number of nitrogens with zero attached hydrogens (tertiary/aromatic N) is 5. The van der Waals surface area contributed by atoms with E-state index in [1.54, 1.807) is 7.05 Å². The van der Waals surface area contributed by atoms with Gasteiger partial charge in [0.05, 0.1) is 19.7 Å². The third kappa shape index (κ3) is 3.49. The van der Waals surface area contributed by atoms with Gasteiger partial charge < -0.3 is 4.74 Å². The van der Waals surface area contributed by atoms with Gasteiger partial charge in [-0.1, -0.05) is 30.5 Å². The smallest absolute Gasteiger partial charge is 0.380 e. The van der Waals surface area contributed by atoms with E-state index >= 15 is 0 Å². The first-order valence-electron chi connectivity index (χ1n) is 10.8. The summed E-state index contributed by atoms with van der Waals surface area (Å²) in [5, 5.41) is 0. The summed E-state index contributed by atoms with van der Waals surface area (Å²) in [4.78, 5) is 35.5. The fraction of sp³-hybridized carbons (Fsp3) is 0.545. The number of rotatable bonds is 8. The predicted octanol–water partition coefficient (Wildman–Crippen LogP) is 1.93. The van der Waals surface area contributed by atoms with Crippen molar-refractivity contribution in [3.63, 3.8) is 0 Å². The van der Waals surface area contributed by atoms with Gasteiger partial charge in [0.25, 0.3) is 5.91 Å². The van der Waals surface area contributed by atoms with Crippen LogP contribution in [0.5, 0.6) is 0 Å². The Morgan fingerprint density at radius 2 is 1.97 bits per heavy atom. The molecule has 0 aliphatic carbocycles. The second-order valence-corrected chi connectivity index (χ2v) is 7.82. The lowest BCUT2D eigenvalue weighted by Crippen LogP contribution is -2.63. The number of likely N-dealkylation sites (N-methyl/N-ethyl adjacent to an activating group) is 1. The van der Waals surface area contributed by atoms with Crippen LogP contribution in [0.2, 0.25) is 0 Å². The zero-order valence-electron chi connectivity index (χ0n) is 18.0. The molecule has 1 aromatic rings. The van der Waals surface area contributed by atoms with Crippen molar-refractivity contribution in [3.8, 4) is 0 Å². The third-order valence-electron chi connectivity index (χ3n) is 5.93. The number of guanidine groups is 1. The lowest BCUT2D eigenvalue weighted by atomic mass is 10.1. The summed E-state index contributed by atoms with van der Waals surface area (Å²) in [7, 11) is 1.68. The Morgan fingerprint density at radius 3 is 2.67 bits per heavy atom. The Bertz CT molecular complexity index is 893. The summed E-state index contributed by atoms with van der Waals surface area (Å²) in [6.45, 7) is 6.70. The highest BCUT2D eigenvalue weighted by molar-refractivity contribution is 6.24.